The first-order valence-corrected chi connectivity index (χ1v) is 6.57. The smallest absolute Gasteiger partial charge is 0.228 e. The average molecular weight is 314 g/mol. The summed E-state index contributed by atoms with van der Waals surface area (Å²) in [5, 5.41) is 2.83. The van der Waals surface area contributed by atoms with E-state index in [-0.39, 0.29) is 5.91 Å². The summed E-state index contributed by atoms with van der Waals surface area (Å²) in [5.41, 5.74) is 2.44. The van der Waals surface area contributed by atoms with Gasteiger partial charge in [0.1, 0.15) is 0 Å². The van der Waals surface area contributed by atoms with Gasteiger partial charge in [-0.3, -0.25) is 4.79 Å². The molecule has 0 spiro atoms. The van der Waals surface area contributed by atoms with Crippen molar-refractivity contribution in [1.29, 1.82) is 0 Å². The molecule has 94 valence electrons. The second-order valence-corrected chi connectivity index (χ2v) is 4.99. The van der Waals surface area contributed by atoms with E-state index in [1.54, 1.807) is 6.07 Å². The fourth-order valence-electron chi connectivity index (χ4n) is 1.68. The van der Waals surface area contributed by atoms with Crippen LogP contribution in [0.15, 0.2) is 53.0 Å². The fourth-order valence-corrected chi connectivity index (χ4v) is 1.94. The maximum atomic E-state index is 11.9. The highest BCUT2D eigenvalue weighted by atomic mass is 79.9. The molecule has 0 heterocycles. The average Bonchev–Trinajstić information content (AvgIpc) is 2.41. The van der Waals surface area contributed by atoms with Gasteiger partial charge in [-0.1, -0.05) is 40.0 Å². The molecule has 0 atom stereocenters. The number of halogens is 1. The van der Waals surface area contributed by atoms with Gasteiger partial charge in [-0.15, -0.1) is 6.42 Å². The number of amides is 1. The molecule has 0 saturated carbocycles. The quantitative estimate of drug-likeness (QED) is 0.862. The minimum Gasteiger partial charge on any atom is -0.326 e. The molecule has 2 rings (SSSR count). The summed E-state index contributed by atoms with van der Waals surface area (Å²) >= 11 is 3.36. The molecule has 0 bridgehead atoms. The van der Waals surface area contributed by atoms with Gasteiger partial charge in [0.25, 0.3) is 0 Å². The van der Waals surface area contributed by atoms with E-state index < -0.39 is 0 Å². The largest absolute Gasteiger partial charge is 0.326 e. The number of benzene rings is 2. The summed E-state index contributed by atoms with van der Waals surface area (Å²) in [6, 6.07) is 14.9. The molecule has 2 aromatic carbocycles. The Balaban J connectivity index is 2.01. The Bertz CT molecular complexity index is 626. The van der Waals surface area contributed by atoms with Gasteiger partial charge in [0.15, 0.2) is 0 Å². The molecule has 0 saturated heterocycles. The number of hydrogen-bond donors (Lipinski definition) is 1. The first-order valence-electron chi connectivity index (χ1n) is 5.78. The lowest BCUT2D eigenvalue weighted by atomic mass is 10.1. The molecule has 0 aliphatic rings. The van der Waals surface area contributed by atoms with E-state index in [1.807, 2.05) is 42.5 Å². The van der Waals surface area contributed by atoms with Gasteiger partial charge in [0.2, 0.25) is 5.91 Å². The summed E-state index contributed by atoms with van der Waals surface area (Å²) in [5.74, 6) is 2.48. The van der Waals surface area contributed by atoms with E-state index in [4.69, 9.17) is 6.42 Å². The summed E-state index contributed by atoms with van der Waals surface area (Å²) in [4.78, 5) is 11.9. The second-order valence-electron chi connectivity index (χ2n) is 4.08. The number of terminal acetylenes is 1. The van der Waals surface area contributed by atoms with Crippen molar-refractivity contribution in [1.82, 2.24) is 0 Å². The van der Waals surface area contributed by atoms with Crippen molar-refractivity contribution >= 4 is 27.5 Å². The highest BCUT2D eigenvalue weighted by Gasteiger charge is 2.04. The van der Waals surface area contributed by atoms with Crippen LogP contribution in [0.2, 0.25) is 0 Å². The normalized spacial score (nSPS) is 9.68. The van der Waals surface area contributed by atoms with Crippen LogP contribution >= 0.6 is 15.9 Å². The lowest BCUT2D eigenvalue weighted by Crippen LogP contribution is -2.14. The van der Waals surface area contributed by atoms with Crippen molar-refractivity contribution in [3.63, 3.8) is 0 Å². The molecule has 0 aromatic heterocycles. The summed E-state index contributed by atoms with van der Waals surface area (Å²) < 4.78 is 0.998. The molecule has 19 heavy (non-hydrogen) atoms. The topological polar surface area (TPSA) is 29.1 Å². The predicted octanol–water partition coefficient (Wildman–Crippen LogP) is 3.61. The number of anilines is 1. The number of hydrogen-bond acceptors (Lipinski definition) is 1. The first-order chi connectivity index (χ1) is 9.17. The zero-order valence-corrected chi connectivity index (χ0v) is 11.8. The molecule has 0 unspecified atom stereocenters. The van der Waals surface area contributed by atoms with E-state index in [0.29, 0.717) is 6.42 Å². The third-order valence-electron chi connectivity index (χ3n) is 2.59. The molecule has 2 nitrogen and oxygen atoms in total. The van der Waals surface area contributed by atoms with Gasteiger partial charge in [-0.05, 0) is 35.9 Å². The molecular weight excluding hydrogens is 302 g/mol. The fraction of sp³-hybridized carbons (Fsp3) is 0.0625. The summed E-state index contributed by atoms with van der Waals surface area (Å²) in [6.45, 7) is 0. The molecule has 3 heteroatoms. The van der Waals surface area contributed by atoms with Crippen LogP contribution in [0.5, 0.6) is 0 Å². The Hall–Kier alpha value is -2.05. The van der Waals surface area contributed by atoms with Gasteiger partial charge < -0.3 is 5.32 Å². The van der Waals surface area contributed by atoms with Crippen molar-refractivity contribution in [2.24, 2.45) is 0 Å². The number of carbonyl (C=O) groups excluding carboxylic acids is 1. The summed E-state index contributed by atoms with van der Waals surface area (Å²) in [7, 11) is 0. The van der Waals surface area contributed by atoms with E-state index >= 15 is 0 Å². The first kappa shape index (κ1) is 13.4. The molecular formula is C16H12BrNO. The van der Waals surface area contributed by atoms with Crippen LogP contribution in [-0.4, -0.2) is 5.91 Å². The molecule has 2 aromatic rings. The maximum Gasteiger partial charge on any atom is 0.228 e. The standard InChI is InChI=1S/C16H12BrNO/c1-2-12-4-3-5-15(10-12)18-16(19)11-13-6-8-14(17)9-7-13/h1,3-10H,11H2,(H,18,19). The van der Waals surface area contributed by atoms with Gasteiger partial charge in [0.05, 0.1) is 6.42 Å². The lowest BCUT2D eigenvalue weighted by Gasteiger charge is -2.06. The molecule has 1 amide bonds. The molecule has 0 aliphatic heterocycles. The molecule has 0 aliphatic carbocycles. The second kappa shape index (κ2) is 6.21. The van der Waals surface area contributed by atoms with Gasteiger partial charge in [-0.2, -0.15) is 0 Å². The van der Waals surface area contributed by atoms with E-state index in [2.05, 4.69) is 27.2 Å². The van der Waals surface area contributed by atoms with Gasteiger partial charge >= 0.3 is 0 Å². The van der Waals surface area contributed by atoms with Crippen molar-refractivity contribution in [2.45, 2.75) is 6.42 Å². The Morgan fingerprint density at radius 3 is 2.63 bits per heavy atom. The number of carbonyl (C=O) groups is 1. The van der Waals surface area contributed by atoms with Crippen LogP contribution < -0.4 is 5.32 Å². The minimum atomic E-state index is -0.0588. The van der Waals surface area contributed by atoms with Crippen LogP contribution in [0.1, 0.15) is 11.1 Å². The van der Waals surface area contributed by atoms with Crippen molar-refractivity contribution in [2.75, 3.05) is 5.32 Å². The maximum absolute atomic E-state index is 11.9. The van der Waals surface area contributed by atoms with Crippen LogP contribution in [0, 0.1) is 12.3 Å². The van der Waals surface area contributed by atoms with Crippen molar-refractivity contribution < 1.29 is 4.79 Å². The molecule has 0 fully saturated rings. The van der Waals surface area contributed by atoms with Crippen LogP contribution in [-0.2, 0) is 11.2 Å². The zero-order valence-electron chi connectivity index (χ0n) is 10.2. The number of rotatable bonds is 3. The highest BCUT2D eigenvalue weighted by molar-refractivity contribution is 9.10. The Labute approximate surface area is 121 Å². The van der Waals surface area contributed by atoms with Gasteiger partial charge in [0, 0.05) is 15.7 Å². The monoisotopic (exact) mass is 313 g/mol. The van der Waals surface area contributed by atoms with E-state index in [1.165, 1.54) is 0 Å². The highest BCUT2D eigenvalue weighted by Crippen LogP contribution is 2.13. The Kier molecular flexibility index (Phi) is 4.38. The zero-order chi connectivity index (χ0) is 13.7. The molecule has 1 N–H and O–H groups in total. The van der Waals surface area contributed by atoms with Crippen LogP contribution in [0.4, 0.5) is 5.69 Å². The third kappa shape index (κ3) is 3.97. The van der Waals surface area contributed by atoms with E-state index in [0.717, 1.165) is 21.3 Å². The Morgan fingerprint density at radius 2 is 1.95 bits per heavy atom. The Morgan fingerprint density at radius 1 is 1.21 bits per heavy atom. The summed E-state index contributed by atoms with van der Waals surface area (Å²) in [6.07, 6.45) is 5.66. The third-order valence-corrected chi connectivity index (χ3v) is 3.12. The van der Waals surface area contributed by atoms with Crippen LogP contribution in [0.25, 0.3) is 0 Å². The van der Waals surface area contributed by atoms with E-state index in [9.17, 15) is 4.79 Å². The van der Waals surface area contributed by atoms with Crippen molar-refractivity contribution in [3.05, 3.63) is 64.1 Å². The van der Waals surface area contributed by atoms with Crippen LogP contribution in [0.3, 0.4) is 0 Å². The van der Waals surface area contributed by atoms with Gasteiger partial charge in [-0.25, -0.2) is 0 Å². The minimum absolute atomic E-state index is 0.0588. The SMILES string of the molecule is C#Cc1cccc(NC(=O)Cc2ccc(Br)cc2)c1. The lowest BCUT2D eigenvalue weighted by molar-refractivity contribution is -0.115. The van der Waals surface area contributed by atoms with Crippen molar-refractivity contribution in [3.8, 4) is 12.3 Å². The molecule has 0 radical (unpaired) electrons. The predicted molar refractivity (Wildman–Crippen MR) is 80.9 cm³/mol. The number of nitrogens with one attached hydrogen (secondary N) is 1.